The Bertz CT molecular complexity index is 3940. The molecule has 13 rings (SSSR count). The van der Waals surface area contributed by atoms with Gasteiger partial charge in [0, 0.05) is 38.4 Å². The van der Waals surface area contributed by atoms with E-state index in [2.05, 4.69) is 217 Å². The number of para-hydroxylation sites is 2. The molecule has 3 heterocycles. The predicted octanol–water partition coefficient (Wildman–Crippen LogP) is 16.6. The van der Waals surface area contributed by atoms with Crippen LogP contribution in [-0.2, 0) is 0 Å². The Morgan fingerprint density at radius 3 is 1.71 bits per heavy atom. The van der Waals surface area contributed by atoms with E-state index in [1.54, 1.807) is 0 Å². The fraction of sp³-hybridized carbons (Fsp3) is 0.0317. The first kappa shape index (κ1) is 39.4. The van der Waals surface area contributed by atoms with E-state index in [-0.39, 0.29) is 0 Å². The number of furan rings is 1. The number of rotatable bonds is 8. The minimum absolute atomic E-state index is 0.616. The predicted molar refractivity (Wildman–Crippen MR) is 280 cm³/mol. The zero-order valence-corrected chi connectivity index (χ0v) is 37.1. The Kier molecular flexibility index (Phi) is 9.57. The molecular formula is C63H42N4O. The van der Waals surface area contributed by atoms with Crippen LogP contribution in [0.15, 0.2) is 235 Å². The summed E-state index contributed by atoms with van der Waals surface area (Å²) in [4.78, 5) is 15.7. The van der Waals surface area contributed by atoms with Gasteiger partial charge < -0.3 is 8.98 Å². The van der Waals surface area contributed by atoms with E-state index < -0.39 is 0 Å². The molecule has 0 atom stereocenters. The second-order valence-electron chi connectivity index (χ2n) is 17.4. The summed E-state index contributed by atoms with van der Waals surface area (Å²) in [6, 6.07) is 75.2. The zero-order chi connectivity index (χ0) is 45.0. The molecule has 0 radical (unpaired) electrons. The van der Waals surface area contributed by atoms with Gasteiger partial charge in [-0.1, -0.05) is 176 Å². The molecule has 1 aliphatic rings. The minimum Gasteiger partial charge on any atom is -0.456 e. The molecule has 0 aliphatic heterocycles. The smallest absolute Gasteiger partial charge is 0.164 e. The van der Waals surface area contributed by atoms with Gasteiger partial charge in [-0.3, -0.25) is 0 Å². The van der Waals surface area contributed by atoms with Crippen LogP contribution in [0.1, 0.15) is 18.7 Å². The average molecular weight is 871 g/mol. The van der Waals surface area contributed by atoms with Crippen molar-refractivity contribution < 1.29 is 4.42 Å². The van der Waals surface area contributed by atoms with Crippen LogP contribution in [0, 0.1) is 0 Å². The summed E-state index contributed by atoms with van der Waals surface area (Å²) >= 11 is 0. The second-order valence-corrected chi connectivity index (χ2v) is 17.4. The normalized spacial score (nSPS) is 12.6. The standard InChI is InChI=1S/C63H42N4O/c1-6-18-41(19-7-1)49-33-30-45(38-53(49)42-20-8-2-9-21-42)46-31-34-50(54(39-46)63-65-61(43-22-10-3-11-23-43)64-62(66-63)44-24-12-4-13-25-44)47-32-35-52-58(40-47)68-57-37-36-56-59(60(52)57)51-28-16-17-29-55(51)67(56)48-26-14-5-15-27-48/h1-12,14-24,26-40H,13,25H2. The van der Waals surface area contributed by atoms with Gasteiger partial charge in [-0.05, 0) is 118 Å². The summed E-state index contributed by atoms with van der Waals surface area (Å²) in [7, 11) is 0. The van der Waals surface area contributed by atoms with E-state index in [1.807, 2.05) is 18.2 Å². The van der Waals surface area contributed by atoms with Crippen LogP contribution in [0.3, 0.4) is 0 Å². The van der Waals surface area contributed by atoms with E-state index >= 15 is 0 Å². The molecule has 9 aromatic carbocycles. The Morgan fingerprint density at radius 2 is 0.985 bits per heavy atom. The lowest BCUT2D eigenvalue weighted by Crippen LogP contribution is -2.04. The van der Waals surface area contributed by atoms with Gasteiger partial charge in [0.1, 0.15) is 11.2 Å². The number of aromatic nitrogens is 4. The molecule has 0 N–H and O–H groups in total. The first-order valence-electron chi connectivity index (χ1n) is 23.2. The van der Waals surface area contributed by atoms with Gasteiger partial charge in [0.15, 0.2) is 17.5 Å². The van der Waals surface area contributed by atoms with Crippen molar-refractivity contribution in [2.45, 2.75) is 12.8 Å². The molecule has 5 heteroatoms. The Morgan fingerprint density at radius 1 is 0.382 bits per heavy atom. The van der Waals surface area contributed by atoms with Crippen molar-refractivity contribution >= 4 is 49.3 Å². The molecule has 320 valence electrons. The molecule has 1 aliphatic carbocycles. The highest BCUT2D eigenvalue weighted by Gasteiger charge is 2.22. The maximum absolute atomic E-state index is 6.84. The van der Waals surface area contributed by atoms with E-state index in [0.29, 0.717) is 17.5 Å². The zero-order valence-electron chi connectivity index (χ0n) is 37.1. The summed E-state index contributed by atoms with van der Waals surface area (Å²) in [6.07, 6.45) is 8.23. The number of nitrogens with zero attached hydrogens (tertiary/aromatic N) is 4. The Hall–Kier alpha value is -8.93. The van der Waals surface area contributed by atoms with Gasteiger partial charge in [-0.25, -0.2) is 15.0 Å². The fourth-order valence-corrected chi connectivity index (χ4v) is 10.1. The largest absolute Gasteiger partial charge is 0.456 e. The molecule has 12 aromatic rings. The summed E-state index contributed by atoms with van der Waals surface area (Å²) in [5.74, 6) is 1.95. The molecular weight excluding hydrogens is 829 g/mol. The van der Waals surface area contributed by atoms with Crippen molar-refractivity contribution in [2.75, 3.05) is 0 Å². The maximum Gasteiger partial charge on any atom is 0.164 e. The number of fused-ring (bicyclic) bond motifs is 7. The van der Waals surface area contributed by atoms with Crippen molar-refractivity contribution in [3.63, 3.8) is 0 Å². The lowest BCUT2D eigenvalue weighted by atomic mass is 9.89. The van der Waals surface area contributed by atoms with Gasteiger partial charge >= 0.3 is 0 Å². The van der Waals surface area contributed by atoms with Gasteiger partial charge in [-0.15, -0.1) is 0 Å². The second kappa shape index (κ2) is 16.5. The third-order valence-electron chi connectivity index (χ3n) is 13.3. The lowest BCUT2D eigenvalue weighted by Gasteiger charge is -2.16. The van der Waals surface area contributed by atoms with Crippen molar-refractivity contribution in [3.05, 3.63) is 236 Å². The van der Waals surface area contributed by atoms with Gasteiger partial charge in [-0.2, -0.15) is 0 Å². The Labute approximate surface area is 393 Å². The van der Waals surface area contributed by atoms with Crippen molar-refractivity contribution in [1.82, 2.24) is 19.5 Å². The van der Waals surface area contributed by atoms with Gasteiger partial charge in [0.2, 0.25) is 0 Å². The van der Waals surface area contributed by atoms with E-state index in [9.17, 15) is 0 Å². The summed E-state index contributed by atoms with van der Waals surface area (Å²) < 4.78 is 9.20. The number of hydrogen-bond donors (Lipinski definition) is 0. The van der Waals surface area contributed by atoms with E-state index in [0.717, 1.165) is 96.0 Å². The minimum atomic E-state index is 0.616. The third kappa shape index (κ3) is 6.83. The van der Waals surface area contributed by atoms with Crippen molar-refractivity contribution in [2.24, 2.45) is 0 Å². The molecule has 68 heavy (non-hydrogen) atoms. The lowest BCUT2D eigenvalue weighted by molar-refractivity contribution is 0.669. The molecule has 0 amide bonds. The van der Waals surface area contributed by atoms with Crippen LogP contribution in [0.5, 0.6) is 0 Å². The van der Waals surface area contributed by atoms with E-state index in [4.69, 9.17) is 19.4 Å². The molecule has 3 aromatic heterocycles. The highest BCUT2D eigenvalue weighted by Crippen LogP contribution is 2.44. The third-order valence-corrected chi connectivity index (χ3v) is 13.3. The van der Waals surface area contributed by atoms with Crippen molar-refractivity contribution in [1.29, 1.82) is 0 Å². The summed E-state index contributed by atoms with van der Waals surface area (Å²) in [5.41, 5.74) is 16.9. The highest BCUT2D eigenvalue weighted by atomic mass is 16.3. The first-order valence-corrected chi connectivity index (χ1v) is 23.2. The average Bonchev–Trinajstić information content (AvgIpc) is 3.97. The first-order chi connectivity index (χ1) is 33.7. The summed E-state index contributed by atoms with van der Waals surface area (Å²) in [6.45, 7) is 0. The fourth-order valence-electron chi connectivity index (χ4n) is 10.1. The quantitative estimate of drug-likeness (QED) is 0.153. The molecule has 0 saturated heterocycles. The van der Waals surface area contributed by atoms with Crippen LogP contribution in [0.2, 0.25) is 0 Å². The monoisotopic (exact) mass is 870 g/mol. The molecule has 5 nitrogen and oxygen atoms in total. The summed E-state index contributed by atoms with van der Waals surface area (Å²) in [5, 5.41) is 4.56. The Balaban J connectivity index is 1.03. The van der Waals surface area contributed by atoms with Crippen LogP contribution in [0.4, 0.5) is 0 Å². The van der Waals surface area contributed by atoms with Gasteiger partial charge in [0.05, 0.1) is 11.0 Å². The molecule has 0 unspecified atom stereocenters. The van der Waals surface area contributed by atoms with Crippen LogP contribution in [0.25, 0.3) is 122 Å². The SMILES string of the molecule is C1=CCCC(c2nc(-c3ccccc3)nc(-c3cc(-c4ccc(-c5ccccc5)c(-c5ccccc5)c4)ccc3-c3ccc4c(c3)oc3ccc5c(c6ccccc6n5-c5ccccc5)c34)n2)=C1. The topological polar surface area (TPSA) is 56.7 Å². The van der Waals surface area contributed by atoms with Crippen LogP contribution < -0.4 is 0 Å². The molecule has 0 saturated carbocycles. The number of allylic oxidation sites excluding steroid dienone is 4. The van der Waals surface area contributed by atoms with E-state index in [1.165, 1.54) is 27.5 Å². The molecule has 0 spiro atoms. The molecule has 0 bridgehead atoms. The maximum atomic E-state index is 6.84. The highest BCUT2D eigenvalue weighted by molar-refractivity contribution is 6.27. The van der Waals surface area contributed by atoms with Crippen molar-refractivity contribution in [3.8, 4) is 73.0 Å². The molecule has 0 fully saturated rings. The number of benzene rings is 9. The number of hydrogen-bond acceptors (Lipinski definition) is 4. The van der Waals surface area contributed by atoms with Gasteiger partial charge in [0.25, 0.3) is 0 Å². The van der Waals surface area contributed by atoms with Crippen LogP contribution >= 0.6 is 0 Å². The van der Waals surface area contributed by atoms with Crippen LogP contribution in [-0.4, -0.2) is 19.5 Å².